The summed E-state index contributed by atoms with van der Waals surface area (Å²) in [5, 5.41) is 11.8. The number of likely N-dealkylation sites (tertiary alicyclic amines) is 1. The van der Waals surface area contributed by atoms with Gasteiger partial charge in [-0.25, -0.2) is 13.2 Å². The van der Waals surface area contributed by atoms with Gasteiger partial charge in [-0.2, -0.15) is 0 Å². The van der Waals surface area contributed by atoms with E-state index < -0.39 is 39.4 Å². The highest BCUT2D eigenvalue weighted by molar-refractivity contribution is 7.92. The number of rotatable bonds is 7. The summed E-state index contributed by atoms with van der Waals surface area (Å²) < 4.78 is 23.5. The number of hydrogen-bond donors (Lipinski definition) is 2. The highest BCUT2D eigenvalue weighted by atomic mass is 32.2. The molecule has 1 fully saturated rings. The van der Waals surface area contributed by atoms with Crippen LogP contribution in [0.25, 0.3) is 0 Å². The van der Waals surface area contributed by atoms with E-state index in [1.807, 2.05) is 0 Å². The van der Waals surface area contributed by atoms with Crippen LogP contribution >= 0.6 is 0 Å². The highest BCUT2D eigenvalue weighted by Gasteiger charge is 2.32. The monoisotopic (exact) mass is 396 g/mol. The molecule has 0 radical (unpaired) electrons. The quantitative estimate of drug-likeness (QED) is 0.721. The van der Waals surface area contributed by atoms with E-state index >= 15 is 0 Å². The fraction of sp³-hybridized carbons (Fsp3) is 0.500. The molecule has 1 saturated heterocycles. The van der Waals surface area contributed by atoms with Crippen LogP contribution in [0, 0.1) is 0 Å². The summed E-state index contributed by atoms with van der Waals surface area (Å²) in [6.45, 7) is 2.08. The minimum absolute atomic E-state index is 0.0650. The Labute approximate surface area is 158 Å². The van der Waals surface area contributed by atoms with E-state index in [4.69, 9.17) is 0 Å². The van der Waals surface area contributed by atoms with Crippen LogP contribution in [0.1, 0.15) is 43.0 Å². The van der Waals surface area contributed by atoms with Gasteiger partial charge in [0.15, 0.2) is 9.84 Å². The number of carbonyl (C=O) groups excluding carboxylic acids is 2. The molecular weight excluding hydrogens is 372 g/mol. The first-order valence-corrected chi connectivity index (χ1v) is 10.7. The number of piperidine rings is 1. The highest BCUT2D eigenvalue weighted by Crippen LogP contribution is 2.21. The van der Waals surface area contributed by atoms with E-state index in [-0.39, 0.29) is 11.3 Å². The molecular formula is C18H24N2O6S. The van der Waals surface area contributed by atoms with Crippen LogP contribution in [0.5, 0.6) is 0 Å². The first kappa shape index (κ1) is 20.9. The molecule has 27 heavy (non-hydrogen) atoms. The average Bonchev–Trinajstić information content (AvgIpc) is 2.60. The Morgan fingerprint density at radius 2 is 2.00 bits per heavy atom. The molecule has 1 unspecified atom stereocenters. The SMILES string of the molecule is CCCS(=O)(=O)CC(=O)Nc1cccc(C(=O)N2CCCCC2C(=O)O)c1. The Balaban J connectivity index is 2.11. The van der Waals surface area contributed by atoms with Crippen molar-refractivity contribution in [2.45, 2.75) is 38.6 Å². The largest absolute Gasteiger partial charge is 0.480 e. The van der Waals surface area contributed by atoms with Crippen molar-refractivity contribution in [2.24, 2.45) is 0 Å². The van der Waals surface area contributed by atoms with Gasteiger partial charge in [0.05, 0.1) is 5.75 Å². The number of aliphatic carboxylic acids is 1. The molecule has 0 aromatic heterocycles. The molecule has 8 nitrogen and oxygen atoms in total. The lowest BCUT2D eigenvalue weighted by Gasteiger charge is -2.33. The predicted octanol–water partition coefficient (Wildman–Crippen LogP) is 1.53. The van der Waals surface area contributed by atoms with Crippen LogP contribution in [0.15, 0.2) is 24.3 Å². The first-order chi connectivity index (χ1) is 12.7. The lowest BCUT2D eigenvalue weighted by atomic mass is 10.0. The van der Waals surface area contributed by atoms with Gasteiger partial charge in [0.1, 0.15) is 11.8 Å². The molecule has 1 aromatic carbocycles. The number of carbonyl (C=O) groups is 3. The third-order valence-electron chi connectivity index (χ3n) is 4.31. The maximum Gasteiger partial charge on any atom is 0.326 e. The van der Waals surface area contributed by atoms with Gasteiger partial charge >= 0.3 is 5.97 Å². The minimum Gasteiger partial charge on any atom is -0.480 e. The summed E-state index contributed by atoms with van der Waals surface area (Å²) in [5.74, 6) is -2.81. The number of benzene rings is 1. The van der Waals surface area contributed by atoms with E-state index in [2.05, 4.69) is 5.32 Å². The molecule has 0 spiro atoms. The van der Waals surface area contributed by atoms with Gasteiger partial charge in [-0.05, 0) is 43.9 Å². The standard InChI is InChI=1S/C18H24N2O6S/c1-2-10-27(25,26)12-16(21)19-14-7-5-6-13(11-14)17(22)20-9-4-3-8-15(20)18(23)24/h5-7,11,15H,2-4,8-10,12H2,1H3,(H,19,21)(H,23,24). The van der Waals surface area contributed by atoms with Gasteiger partial charge in [0.2, 0.25) is 5.91 Å². The van der Waals surface area contributed by atoms with Crippen molar-refractivity contribution in [3.05, 3.63) is 29.8 Å². The molecule has 1 aromatic rings. The van der Waals surface area contributed by atoms with Crippen molar-refractivity contribution in [1.82, 2.24) is 4.90 Å². The molecule has 148 valence electrons. The predicted molar refractivity (Wildman–Crippen MR) is 100 cm³/mol. The maximum absolute atomic E-state index is 12.7. The number of amides is 2. The van der Waals surface area contributed by atoms with Crippen LogP contribution in [0.4, 0.5) is 5.69 Å². The van der Waals surface area contributed by atoms with Crippen LogP contribution in [0.3, 0.4) is 0 Å². The minimum atomic E-state index is -3.46. The molecule has 0 bridgehead atoms. The van der Waals surface area contributed by atoms with Gasteiger partial charge in [-0.1, -0.05) is 13.0 Å². The maximum atomic E-state index is 12.7. The van der Waals surface area contributed by atoms with E-state index in [1.54, 1.807) is 25.1 Å². The van der Waals surface area contributed by atoms with Crippen molar-refractivity contribution in [3.63, 3.8) is 0 Å². The van der Waals surface area contributed by atoms with E-state index in [0.29, 0.717) is 25.1 Å². The van der Waals surface area contributed by atoms with Gasteiger partial charge in [-0.3, -0.25) is 9.59 Å². The van der Waals surface area contributed by atoms with Crippen molar-refractivity contribution in [3.8, 4) is 0 Å². The fourth-order valence-electron chi connectivity index (χ4n) is 3.11. The normalized spacial score (nSPS) is 17.4. The second kappa shape index (κ2) is 8.98. The average molecular weight is 396 g/mol. The molecule has 1 heterocycles. The molecule has 1 atom stereocenters. The number of carboxylic acid groups (broad SMARTS) is 1. The number of sulfone groups is 1. The number of nitrogens with one attached hydrogen (secondary N) is 1. The van der Waals surface area contributed by atoms with E-state index in [0.717, 1.165) is 12.8 Å². The second-order valence-electron chi connectivity index (χ2n) is 6.57. The Kier molecular flexibility index (Phi) is 6.95. The molecule has 1 aliphatic heterocycles. The van der Waals surface area contributed by atoms with Gasteiger partial charge in [-0.15, -0.1) is 0 Å². The Morgan fingerprint density at radius 3 is 2.67 bits per heavy atom. The summed E-state index contributed by atoms with van der Waals surface area (Å²) in [6, 6.07) is 5.22. The van der Waals surface area contributed by atoms with Crippen LogP contribution in [-0.2, 0) is 19.4 Å². The molecule has 0 aliphatic carbocycles. The van der Waals surface area contributed by atoms with Crippen LogP contribution < -0.4 is 5.32 Å². The number of carboxylic acids is 1. The molecule has 2 amide bonds. The molecule has 2 rings (SSSR count). The van der Waals surface area contributed by atoms with E-state index in [1.165, 1.54) is 11.0 Å². The number of anilines is 1. The van der Waals surface area contributed by atoms with Gasteiger partial charge in [0.25, 0.3) is 5.91 Å². The summed E-state index contributed by atoms with van der Waals surface area (Å²) in [4.78, 5) is 37.4. The summed E-state index contributed by atoms with van der Waals surface area (Å²) in [5.41, 5.74) is 0.541. The second-order valence-corrected chi connectivity index (χ2v) is 8.75. The molecule has 1 aliphatic rings. The summed E-state index contributed by atoms with van der Waals surface area (Å²) >= 11 is 0. The van der Waals surface area contributed by atoms with Crippen molar-refractivity contribution >= 4 is 33.3 Å². The van der Waals surface area contributed by atoms with Gasteiger partial charge in [0, 0.05) is 17.8 Å². The zero-order valence-electron chi connectivity index (χ0n) is 15.2. The molecule has 2 N–H and O–H groups in total. The summed E-state index contributed by atoms with van der Waals surface area (Å²) in [6.07, 6.45) is 2.33. The molecule has 0 saturated carbocycles. The fourth-order valence-corrected chi connectivity index (χ4v) is 4.35. The summed E-state index contributed by atoms with van der Waals surface area (Å²) in [7, 11) is -3.46. The Hall–Kier alpha value is -2.42. The number of nitrogens with zero attached hydrogens (tertiary/aromatic N) is 1. The van der Waals surface area contributed by atoms with Crippen molar-refractivity contribution < 1.29 is 27.9 Å². The third kappa shape index (κ3) is 5.78. The Morgan fingerprint density at radius 1 is 1.26 bits per heavy atom. The zero-order chi connectivity index (χ0) is 20.0. The first-order valence-electron chi connectivity index (χ1n) is 8.87. The number of hydrogen-bond acceptors (Lipinski definition) is 5. The zero-order valence-corrected chi connectivity index (χ0v) is 16.0. The molecule has 9 heteroatoms. The van der Waals surface area contributed by atoms with Crippen LogP contribution in [-0.4, -0.2) is 60.3 Å². The van der Waals surface area contributed by atoms with Crippen LogP contribution in [0.2, 0.25) is 0 Å². The van der Waals surface area contributed by atoms with Crippen molar-refractivity contribution in [2.75, 3.05) is 23.4 Å². The smallest absolute Gasteiger partial charge is 0.326 e. The Bertz CT molecular complexity index is 821. The lowest BCUT2D eigenvalue weighted by molar-refractivity contribution is -0.143. The topological polar surface area (TPSA) is 121 Å². The lowest BCUT2D eigenvalue weighted by Crippen LogP contribution is -2.48. The van der Waals surface area contributed by atoms with E-state index in [9.17, 15) is 27.9 Å². The van der Waals surface area contributed by atoms with Gasteiger partial charge < -0.3 is 15.3 Å². The van der Waals surface area contributed by atoms with Crippen molar-refractivity contribution in [1.29, 1.82) is 0 Å². The third-order valence-corrected chi connectivity index (χ3v) is 6.04.